The quantitative estimate of drug-likeness (QED) is 0.735. The maximum atomic E-state index is 13.3. The number of carboxylic acid groups (broad SMARTS) is 1. The van der Waals surface area contributed by atoms with Gasteiger partial charge in [0.25, 0.3) is 0 Å². The van der Waals surface area contributed by atoms with E-state index < -0.39 is 23.8 Å². The van der Waals surface area contributed by atoms with Gasteiger partial charge in [-0.2, -0.15) is 0 Å². The molecule has 164 valence electrons. The third kappa shape index (κ3) is 4.35. The minimum Gasteiger partial charge on any atom is -0.465 e. The fourth-order valence-electron chi connectivity index (χ4n) is 3.98. The van der Waals surface area contributed by atoms with E-state index in [-0.39, 0.29) is 31.6 Å². The summed E-state index contributed by atoms with van der Waals surface area (Å²) >= 11 is 0. The molecular formula is C21H29N3O6. The lowest BCUT2D eigenvalue weighted by atomic mass is 9.99. The van der Waals surface area contributed by atoms with Crippen LogP contribution >= 0.6 is 0 Å². The fraction of sp³-hybridized carbons (Fsp3) is 0.571. The number of likely N-dealkylation sites (N-methyl/N-ethyl adjacent to an activating group) is 1. The number of amides is 3. The maximum absolute atomic E-state index is 13.3. The molecule has 1 spiro atoms. The number of rotatable bonds is 5. The second-order valence-electron chi connectivity index (χ2n) is 8.11. The van der Waals surface area contributed by atoms with E-state index >= 15 is 0 Å². The summed E-state index contributed by atoms with van der Waals surface area (Å²) in [5.74, 6) is -0.641. The van der Waals surface area contributed by atoms with Crippen molar-refractivity contribution in [3.05, 3.63) is 35.9 Å². The molecule has 1 atom stereocenters. The third-order valence-corrected chi connectivity index (χ3v) is 5.58. The summed E-state index contributed by atoms with van der Waals surface area (Å²) in [5, 5.41) is 9.16. The van der Waals surface area contributed by atoms with Crippen LogP contribution in [0.1, 0.15) is 25.8 Å². The first kappa shape index (κ1) is 21.9. The topological polar surface area (TPSA) is 99.6 Å². The Labute approximate surface area is 176 Å². The minimum atomic E-state index is -1.04. The highest BCUT2D eigenvalue weighted by Gasteiger charge is 2.55. The molecule has 1 aromatic carbocycles. The summed E-state index contributed by atoms with van der Waals surface area (Å²) in [7, 11) is 1.58. The van der Waals surface area contributed by atoms with E-state index in [4.69, 9.17) is 14.6 Å². The summed E-state index contributed by atoms with van der Waals surface area (Å²) in [6.45, 7) is 4.97. The van der Waals surface area contributed by atoms with Crippen LogP contribution in [0.25, 0.3) is 0 Å². The molecule has 3 amide bonds. The van der Waals surface area contributed by atoms with Gasteiger partial charge in [0.1, 0.15) is 12.6 Å². The van der Waals surface area contributed by atoms with Crippen LogP contribution in [0, 0.1) is 5.92 Å². The molecule has 2 aliphatic rings. The number of carbonyl (C=O) groups excluding carboxylic acids is 2. The Bertz CT molecular complexity index is 778. The Morgan fingerprint density at radius 2 is 1.90 bits per heavy atom. The van der Waals surface area contributed by atoms with Crippen molar-refractivity contribution in [2.75, 3.05) is 33.3 Å². The van der Waals surface area contributed by atoms with Crippen molar-refractivity contribution < 1.29 is 29.0 Å². The molecule has 9 nitrogen and oxygen atoms in total. The summed E-state index contributed by atoms with van der Waals surface area (Å²) < 4.78 is 11.3. The normalized spacial score (nSPS) is 18.7. The van der Waals surface area contributed by atoms with Crippen LogP contribution in [0.4, 0.5) is 9.59 Å². The van der Waals surface area contributed by atoms with Crippen LogP contribution in [0.5, 0.6) is 0 Å². The van der Waals surface area contributed by atoms with E-state index in [9.17, 15) is 14.4 Å². The van der Waals surface area contributed by atoms with Gasteiger partial charge in [0.05, 0.1) is 19.7 Å². The van der Waals surface area contributed by atoms with Crippen molar-refractivity contribution in [1.82, 2.24) is 14.7 Å². The average Bonchev–Trinajstić information content (AvgIpc) is 2.70. The Balaban J connectivity index is 1.69. The smallest absolute Gasteiger partial charge is 0.407 e. The SMILES string of the molecule is CC(C)C(C(=O)OCc1ccccc1)N(C)C(=O)N1CCCOC12CN(C(=O)O)C2. The summed E-state index contributed by atoms with van der Waals surface area (Å²) in [4.78, 5) is 41.5. The molecule has 1 unspecified atom stereocenters. The van der Waals surface area contributed by atoms with E-state index in [1.165, 1.54) is 9.80 Å². The van der Waals surface area contributed by atoms with Gasteiger partial charge in [0.2, 0.25) is 0 Å². The standard InChI is InChI=1S/C21H29N3O6/c1-15(2)17(18(25)29-12-16-8-5-4-6-9-16)22(3)19(26)24-10-7-11-30-21(24)13-23(14-21)20(27)28/h4-6,8-9,15,17H,7,10-14H2,1-3H3,(H,27,28). The largest absolute Gasteiger partial charge is 0.465 e. The van der Waals surface area contributed by atoms with Crippen molar-refractivity contribution in [2.24, 2.45) is 5.92 Å². The average molecular weight is 419 g/mol. The zero-order valence-corrected chi connectivity index (χ0v) is 17.6. The molecule has 1 aromatic rings. The molecule has 0 aliphatic carbocycles. The van der Waals surface area contributed by atoms with Crippen molar-refractivity contribution >= 4 is 18.1 Å². The van der Waals surface area contributed by atoms with Gasteiger partial charge in [0.15, 0.2) is 5.72 Å². The Morgan fingerprint density at radius 3 is 2.50 bits per heavy atom. The van der Waals surface area contributed by atoms with E-state index in [0.29, 0.717) is 19.6 Å². The van der Waals surface area contributed by atoms with E-state index in [1.54, 1.807) is 11.9 Å². The number of esters is 1. The molecule has 2 aliphatic heterocycles. The maximum Gasteiger partial charge on any atom is 0.407 e. The number of nitrogens with zero attached hydrogens (tertiary/aromatic N) is 3. The highest BCUT2D eigenvalue weighted by molar-refractivity contribution is 5.84. The van der Waals surface area contributed by atoms with Crippen molar-refractivity contribution in [1.29, 1.82) is 0 Å². The number of carbonyl (C=O) groups is 3. The van der Waals surface area contributed by atoms with Crippen LogP contribution in [-0.2, 0) is 20.9 Å². The van der Waals surface area contributed by atoms with Crippen LogP contribution in [0.2, 0.25) is 0 Å². The van der Waals surface area contributed by atoms with E-state index in [2.05, 4.69) is 0 Å². The van der Waals surface area contributed by atoms with Gasteiger partial charge in [-0.15, -0.1) is 0 Å². The summed E-state index contributed by atoms with van der Waals surface area (Å²) in [6, 6.07) is 8.22. The van der Waals surface area contributed by atoms with Crippen molar-refractivity contribution in [3.8, 4) is 0 Å². The number of hydrogen-bond acceptors (Lipinski definition) is 5. The lowest BCUT2D eigenvalue weighted by Gasteiger charge is -2.56. The van der Waals surface area contributed by atoms with E-state index in [1.807, 2.05) is 44.2 Å². The van der Waals surface area contributed by atoms with Gasteiger partial charge >= 0.3 is 18.1 Å². The molecule has 0 aromatic heterocycles. The van der Waals surface area contributed by atoms with Gasteiger partial charge < -0.3 is 19.5 Å². The van der Waals surface area contributed by atoms with E-state index in [0.717, 1.165) is 5.56 Å². The molecule has 1 N–H and O–H groups in total. The van der Waals surface area contributed by atoms with Crippen molar-refractivity contribution in [3.63, 3.8) is 0 Å². The predicted molar refractivity (Wildman–Crippen MR) is 108 cm³/mol. The zero-order valence-electron chi connectivity index (χ0n) is 17.6. The number of urea groups is 1. The molecule has 0 bridgehead atoms. The minimum absolute atomic E-state index is 0.104. The summed E-state index contributed by atoms with van der Waals surface area (Å²) in [5.41, 5.74) is -0.0915. The van der Waals surface area contributed by atoms with Crippen LogP contribution < -0.4 is 0 Å². The Kier molecular flexibility index (Phi) is 6.50. The van der Waals surface area contributed by atoms with Gasteiger partial charge in [-0.05, 0) is 17.9 Å². The Morgan fingerprint density at radius 1 is 1.23 bits per heavy atom. The fourth-order valence-corrected chi connectivity index (χ4v) is 3.98. The Hall–Kier alpha value is -2.81. The first-order valence-corrected chi connectivity index (χ1v) is 10.1. The molecule has 2 fully saturated rings. The van der Waals surface area contributed by atoms with Crippen LogP contribution in [-0.4, -0.2) is 83.0 Å². The van der Waals surface area contributed by atoms with Crippen LogP contribution in [0.15, 0.2) is 30.3 Å². The lowest BCUT2D eigenvalue weighted by Crippen LogP contribution is -2.76. The first-order chi connectivity index (χ1) is 14.2. The number of ether oxygens (including phenoxy) is 2. The van der Waals surface area contributed by atoms with Crippen molar-refractivity contribution in [2.45, 2.75) is 38.6 Å². The van der Waals surface area contributed by atoms with Gasteiger partial charge in [-0.1, -0.05) is 44.2 Å². The molecule has 3 rings (SSSR count). The van der Waals surface area contributed by atoms with Gasteiger partial charge in [-0.25, -0.2) is 14.4 Å². The molecule has 2 heterocycles. The highest BCUT2D eigenvalue weighted by Crippen LogP contribution is 2.34. The molecule has 2 saturated heterocycles. The molecule has 30 heavy (non-hydrogen) atoms. The van der Waals surface area contributed by atoms with Gasteiger partial charge in [-0.3, -0.25) is 9.80 Å². The second-order valence-corrected chi connectivity index (χ2v) is 8.11. The zero-order chi connectivity index (χ0) is 21.9. The molecule has 9 heteroatoms. The van der Waals surface area contributed by atoms with Gasteiger partial charge in [0, 0.05) is 13.6 Å². The number of benzene rings is 1. The monoisotopic (exact) mass is 419 g/mol. The summed E-state index contributed by atoms with van der Waals surface area (Å²) in [6.07, 6.45) is -0.390. The van der Waals surface area contributed by atoms with Crippen LogP contribution in [0.3, 0.4) is 0 Å². The first-order valence-electron chi connectivity index (χ1n) is 10.1. The third-order valence-electron chi connectivity index (χ3n) is 5.58. The lowest BCUT2D eigenvalue weighted by molar-refractivity contribution is -0.228. The highest BCUT2D eigenvalue weighted by atomic mass is 16.5. The number of hydrogen-bond donors (Lipinski definition) is 1. The molecule has 0 radical (unpaired) electrons. The number of likely N-dealkylation sites (tertiary alicyclic amines) is 1. The second kappa shape index (κ2) is 8.91. The predicted octanol–water partition coefficient (Wildman–Crippen LogP) is 2.22. The molecule has 0 saturated carbocycles. The molecular weight excluding hydrogens is 390 g/mol.